The van der Waals surface area contributed by atoms with Crippen molar-refractivity contribution in [2.75, 3.05) is 12.4 Å². The third-order valence-electron chi connectivity index (χ3n) is 4.00. The monoisotopic (exact) mass is 354 g/mol. The fourth-order valence-corrected chi connectivity index (χ4v) is 2.75. The molecular formula is C16H26N4O5. The van der Waals surface area contributed by atoms with Crippen molar-refractivity contribution in [3.8, 4) is 0 Å². The lowest BCUT2D eigenvalue weighted by Crippen LogP contribution is -2.69. The number of carbonyl (C=O) groups is 2. The van der Waals surface area contributed by atoms with Gasteiger partial charge in [0, 0.05) is 39.3 Å². The van der Waals surface area contributed by atoms with E-state index in [0.29, 0.717) is 18.7 Å². The average molecular weight is 354 g/mol. The molecule has 0 radical (unpaired) electrons. The van der Waals surface area contributed by atoms with E-state index in [1.807, 2.05) is 0 Å². The second-order valence-corrected chi connectivity index (χ2v) is 7.32. The highest BCUT2D eigenvalue weighted by molar-refractivity contribution is 5.94. The molecule has 1 aromatic heterocycles. The van der Waals surface area contributed by atoms with Gasteiger partial charge in [0.1, 0.15) is 5.60 Å². The van der Waals surface area contributed by atoms with Crippen LogP contribution in [0.5, 0.6) is 0 Å². The standard InChI is InChI=1S/C16H26N4O5/c1-15(2,3)25-14(23)18-16(8-10(9-16)24-5)12(21)13(22)17-11-6-7-20(4)19-11/h6-7,10,12,21H,8-9H2,1-5H3,(H,18,23)(H,17,19,22). The molecule has 25 heavy (non-hydrogen) atoms. The number of nitrogens with zero attached hydrogens (tertiary/aromatic N) is 2. The number of hydrogen-bond acceptors (Lipinski definition) is 6. The van der Waals surface area contributed by atoms with Crippen LogP contribution in [0.15, 0.2) is 12.3 Å². The van der Waals surface area contributed by atoms with Crippen molar-refractivity contribution in [2.45, 2.75) is 57.0 Å². The molecule has 9 heteroatoms. The smallest absolute Gasteiger partial charge is 0.408 e. The number of hydrogen-bond donors (Lipinski definition) is 3. The summed E-state index contributed by atoms with van der Waals surface area (Å²) in [5, 5.41) is 19.8. The van der Waals surface area contributed by atoms with Gasteiger partial charge in [0.15, 0.2) is 11.9 Å². The van der Waals surface area contributed by atoms with Crippen LogP contribution >= 0.6 is 0 Å². The number of rotatable bonds is 5. The summed E-state index contributed by atoms with van der Waals surface area (Å²) in [6.07, 6.45) is -0.0208. The number of nitrogens with one attached hydrogen (secondary N) is 2. The zero-order valence-corrected chi connectivity index (χ0v) is 15.2. The van der Waals surface area contributed by atoms with Crippen molar-refractivity contribution in [1.29, 1.82) is 0 Å². The minimum atomic E-state index is -1.46. The summed E-state index contributed by atoms with van der Waals surface area (Å²) in [4.78, 5) is 24.5. The van der Waals surface area contributed by atoms with Gasteiger partial charge in [0.05, 0.1) is 11.6 Å². The maximum Gasteiger partial charge on any atom is 0.408 e. The molecule has 0 aromatic carbocycles. The normalized spacial score (nSPS) is 24.2. The van der Waals surface area contributed by atoms with E-state index in [9.17, 15) is 14.7 Å². The van der Waals surface area contributed by atoms with Gasteiger partial charge < -0.3 is 25.2 Å². The molecule has 0 bridgehead atoms. The van der Waals surface area contributed by atoms with E-state index < -0.39 is 29.2 Å². The van der Waals surface area contributed by atoms with Crippen LogP contribution in [0.2, 0.25) is 0 Å². The molecule has 1 heterocycles. The Bertz CT molecular complexity index is 631. The molecular weight excluding hydrogens is 328 g/mol. The number of aryl methyl sites for hydroxylation is 1. The first-order valence-corrected chi connectivity index (χ1v) is 8.07. The summed E-state index contributed by atoms with van der Waals surface area (Å²) in [5.74, 6) is -0.328. The largest absolute Gasteiger partial charge is 0.444 e. The molecule has 0 saturated heterocycles. The highest BCUT2D eigenvalue weighted by Gasteiger charge is 2.54. The van der Waals surface area contributed by atoms with Gasteiger partial charge in [-0.05, 0) is 20.8 Å². The summed E-state index contributed by atoms with van der Waals surface area (Å²) in [6.45, 7) is 5.21. The van der Waals surface area contributed by atoms with Gasteiger partial charge in [0.2, 0.25) is 0 Å². The van der Waals surface area contributed by atoms with E-state index in [0.717, 1.165) is 0 Å². The fraction of sp³-hybridized carbons (Fsp3) is 0.688. The summed E-state index contributed by atoms with van der Waals surface area (Å²) >= 11 is 0. The van der Waals surface area contributed by atoms with Crippen molar-refractivity contribution < 1.29 is 24.2 Å². The van der Waals surface area contributed by atoms with Crippen LogP contribution in [-0.4, -0.2) is 57.3 Å². The van der Waals surface area contributed by atoms with Crippen molar-refractivity contribution in [3.05, 3.63) is 12.3 Å². The maximum absolute atomic E-state index is 12.4. The average Bonchev–Trinajstić information content (AvgIpc) is 2.84. The number of alkyl carbamates (subject to hydrolysis) is 1. The molecule has 2 amide bonds. The molecule has 1 fully saturated rings. The highest BCUT2D eigenvalue weighted by atomic mass is 16.6. The van der Waals surface area contributed by atoms with Crippen molar-refractivity contribution >= 4 is 17.8 Å². The van der Waals surface area contributed by atoms with Gasteiger partial charge in [0.25, 0.3) is 5.91 Å². The number of aliphatic hydroxyl groups is 1. The number of anilines is 1. The number of ether oxygens (including phenoxy) is 2. The Labute approximate surface area is 146 Å². The zero-order valence-electron chi connectivity index (χ0n) is 15.2. The van der Waals surface area contributed by atoms with Gasteiger partial charge in [-0.15, -0.1) is 0 Å². The van der Waals surface area contributed by atoms with Gasteiger partial charge in [-0.2, -0.15) is 5.10 Å². The van der Waals surface area contributed by atoms with Crippen molar-refractivity contribution in [1.82, 2.24) is 15.1 Å². The number of methoxy groups -OCH3 is 1. The number of carbonyl (C=O) groups excluding carboxylic acids is 2. The zero-order chi connectivity index (χ0) is 18.8. The van der Waals surface area contributed by atoms with Gasteiger partial charge in [-0.3, -0.25) is 9.48 Å². The molecule has 1 aromatic rings. The van der Waals surface area contributed by atoms with Crippen LogP contribution in [0.3, 0.4) is 0 Å². The molecule has 1 aliphatic carbocycles. The lowest BCUT2D eigenvalue weighted by atomic mass is 9.70. The molecule has 1 aliphatic rings. The van der Waals surface area contributed by atoms with E-state index in [-0.39, 0.29) is 6.10 Å². The molecule has 1 atom stereocenters. The van der Waals surface area contributed by atoms with Crippen LogP contribution in [0, 0.1) is 0 Å². The Balaban J connectivity index is 2.07. The summed E-state index contributed by atoms with van der Waals surface area (Å²) in [6, 6.07) is 1.61. The Morgan fingerprint density at radius 1 is 1.44 bits per heavy atom. The van der Waals surface area contributed by atoms with Crippen LogP contribution in [0.1, 0.15) is 33.6 Å². The summed E-state index contributed by atoms with van der Waals surface area (Å²) in [5.41, 5.74) is -1.82. The predicted molar refractivity (Wildman–Crippen MR) is 90.0 cm³/mol. The van der Waals surface area contributed by atoms with Gasteiger partial charge in [-0.1, -0.05) is 0 Å². The first-order chi connectivity index (χ1) is 11.5. The SMILES string of the molecule is COC1CC(NC(=O)OC(C)(C)C)(C(O)C(=O)Nc2ccn(C)n2)C1. The molecule has 3 N–H and O–H groups in total. The lowest BCUT2D eigenvalue weighted by Gasteiger charge is -2.49. The molecule has 9 nitrogen and oxygen atoms in total. The molecule has 2 rings (SSSR count). The summed E-state index contributed by atoms with van der Waals surface area (Å²) in [7, 11) is 3.26. The third kappa shape index (κ3) is 4.70. The quantitative estimate of drug-likeness (QED) is 0.720. The first-order valence-electron chi connectivity index (χ1n) is 8.07. The minimum Gasteiger partial charge on any atom is -0.444 e. The van der Waals surface area contributed by atoms with Gasteiger partial charge >= 0.3 is 6.09 Å². The Morgan fingerprint density at radius 2 is 2.08 bits per heavy atom. The first kappa shape index (κ1) is 19.2. The van der Waals surface area contributed by atoms with Crippen molar-refractivity contribution in [2.24, 2.45) is 7.05 Å². The van der Waals surface area contributed by atoms with Crippen molar-refractivity contribution in [3.63, 3.8) is 0 Å². The maximum atomic E-state index is 12.4. The van der Waals surface area contributed by atoms with E-state index in [1.165, 1.54) is 4.68 Å². The number of aliphatic hydroxyl groups excluding tert-OH is 1. The minimum absolute atomic E-state index is 0.146. The van der Waals surface area contributed by atoms with Crippen LogP contribution in [0.4, 0.5) is 10.6 Å². The van der Waals surface area contributed by atoms with Gasteiger partial charge in [-0.25, -0.2) is 4.79 Å². The third-order valence-corrected chi connectivity index (χ3v) is 4.00. The number of aromatic nitrogens is 2. The second-order valence-electron chi connectivity index (χ2n) is 7.32. The molecule has 1 unspecified atom stereocenters. The van der Waals surface area contributed by atoms with Crippen LogP contribution in [0.25, 0.3) is 0 Å². The molecule has 140 valence electrons. The Kier molecular flexibility index (Phi) is 5.38. The summed E-state index contributed by atoms with van der Waals surface area (Å²) < 4.78 is 12.0. The highest BCUT2D eigenvalue weighted by Crippen LogP contribution is 2.38. The molecule has 0 aliphatic heterocycles. The second kappa shape index (κ2) is 7.01. The van der Waals surface area contributed by atoms with Crippen LogP contribution < -0.4 is 10.6 Å². The van der Waals surface area contributed by atoms with E-state index in [2.05, 4.69) is 15.7 Å². The number of amides is 2. The molecule has 0 spiro atoms. The molecule has 1 saturated carbocycles. The van der Waals surface area contributed by atoms with E-state index in [4.69, 9.17) is 9.47 Å². The van der Waals surface area contributed by atoms with E-state index in [1.54, 1.807) is 47.2 Å². The fourth-order valence-electron chi connectivity index (χ4n) is 2.75. The van der Waals surface area contributed by atoms with E-state index >= 15 is 0 Å². The predicted octanol–water partition coefficient (Wildman–Crippen LogP) is 0.792. The topological polar surface area (TPSA) is 115 Å². The Hall–Kier alpha value is -2.13. The lowest BCUT2D eigenvalue weighted by molar-refractivity contribution is -0.138. The Morgan fingerprint density at radius 3 is 2.56 bits per heavy atom. The van der Waals surface area contributed by atoms with Crippen LogP contribution in [-0.2, 0) is 21.3 Å².